The molecule has 17 heavy (non-hydrogen) atoms. The van der Waals surface area contributed by atoms with Gasteiger partial charge in [0.1, 0.15) is 11.6 Å². The van der Waals surface area contributed by atoms with Crippen LogP contribution in [-0.4, -0.2) is 0 Å². The monoisotopic (exact) mass is 230 g/mol. The fourth-order valence-corrected chi connectivity index (χ4v) is 2.14. The van der Waals surface area contributed by atoms with Gasteiger partial charge in [0.05, 0.1) is 5.56 Å². The minimum Gasteiger partial charge on any atom is -0.206 e. The third kappa shape index (κ3) is 1.95. The first-order valence-corrected chi connectivity index (χ1v) is 5.80. The van der Waals surface area contributed by atoms with Crippen molar-refractivity contribution in [3.05, 3.63) is 59.7 Å². The lowest BCUT2D eigenvalue weighted by Crippen LogP contribution is -1.90. The molecule has 0 saturated heterocycles. The lowest BCUT2D eigenvalue weighted by atomic mass is 10.0. The van der Waals surface area contributed by atoms with E-state index in [-0.39, 0.29) is 5.56 Å². The number of halogens is 2. The molecule has 0 aromatic heterocycles. The highest BCUT2D eigenvalue weighted by Gasteiger charge is 2.24. The highest BCUT2D eigenvalue weighted by Crippen LogP contribution is 2.41. The first-order valence-electron chi connectivity index (χ1n) is 5.80. The van der Waals surface area contributed by atoms with Gasteiger partial charge in [0.2, 0.25) is 0 Å². The second-order valence-corrected chi connectivity index (χ2v) is 4.50. The molecule has 2 aromatic rings. The van der Waals surface area contributed by atoms with Gasteiger partial charge in [0.25, 0.3) is 0 Å². The Bertz CT molecular complexity index is 536. The van der Waals surface area contributed by atoms with E-state index in [1.165, 1.54) is 36.6 Å². The molecule has 2 aromatic carbocycles. The van der Waals surface area contributed by atoms with E-state index in [1.807, 2.05) is 18.2 Å². The van der Waals surface area contributed by atoms with Gasteiger partial charge in [-0.25, -0.2) is 8.78 Å². The van der Waals surface area contributed by atoms with Crippen LogP contribution < -0.4 is 0 Å². The van der Waals surface area contributed by atoms with Crippen molar-refractivity contribution >= 4 is 0 Å². The number of hydrogen-bond donors (Lipinski definition) is 0. The van der Waals surface area contributed by atoms with Crippen molar-refractivity contribution in [2.75, 3.05) is 0 Å². The summed E-state index contributed by atoms with van der Waals surface area (Å²) in [6.45, 7) is 0. The van der Waals surface area contributed by atoms with E-state index in [9.17, 15) is 8.78 Å². The summed E-state index contributed by atoms with van der Waals surface area (Å²) >= 11 is 0. The topological polar surface area (TPSA) is 0 Å². The van der Waals surface area contributed by atoms with Gasteiger partial charge in [-0.2, -0.15) is 0 Å². The third-order valence-corrected chi connectivity index (χ3v) is 3.19. The molecule has 3 rings (SSSR count). The maximum atomic E-state index is 13.6. The predicted octanol–water partition coefficient (Wildman–Crippen LogP) is 4.51. The Morgan fingerprint density at radius 2 is 1.53 bits per heavy atom. The van der Waals surface area contributed by atoms with Gasteiger partial charge in [-0.15, -0.1) is 0 Å². The Morgan fingerprint density at radius 3 is 2.18 bits per heavy atom. The Hall–Kier alpha value is -1.70. The van der Waals surface area contributed by atoms with Gasteiger partial charge in [0, 0.05) is 0 Å². The van der Waals surface area contributed by atoms with Crippen molar-refractivity contribution in [1.82, 2.24) is 0 Å². The summed E-state index contributed by atoms with van der Waals surface area (Å²) in [4.78, 5) is 0. The second-order valence-electron chi connectivity index (χ2n) is 4.50. The van der Waals surface area contributed by atoms with Crippen LogP contribution in [0.1, 0.15) is 24.3 Å². The van der Waals surface area contributed by atoms with Crippen molar-refractivity contribution in [2.45, 2.75) is 18.8 Å². The van der Waals surface area contributed by atoms with E-state index in [0.717, 1.165) is 0 Å². The highest BCUT2D eigenvalue weighted by molar-refractivity contribution is 5.65. The first-order chi connectivity index (χ1) is 8.25. The maximum Gasteiger partial charge on any atom is 0.133 e. The van der Waals surface area contributed by atoms with Crippen LogP contribution in [0.25, 0.3) is 11.1 Å². The van der Waals surface area contributed by atoms with Gasteiger partial charge in [-0.3, -0.25) is 0 Å². The quantitative estimate of drug-likeness (QED) is 0.712. The van der Waals surface area contributed by atoms with E-state index in [2.05, 4.69) is 0 Å². The van der Waals surface area contributed by atoms with Crippen LogP contribution >= 0.6 is 0 Å². The van der Waals surface area contributed by atoms with E-state index < -0.39 is 11.6 Å². The van der Waals surface area contributed by atoms with Gasteiger partial charge >= 0.3 is 0 Å². The molecule has 0 unspecified atom stereocenters. The van der Waals surface area contributed by atoms with Crippen LogP contribution in [0.3, 0.4) is 0 Å². The summed E-state index contributed by atoms with van der Waals surface area (Å²) in [7, 11) is 0. The molecule has 0 N–H and O–H groups in total. The Balaban J connectivity index is 2.11. The van der Waals surface area contributed by atoms with Crippen LogP contribution in [0.15, 0.2) is 42.5 Å². The zero-order chi connectivity index (χ0) is 11.8. The summed E-state index contributed by atoms with van der Waals surface area (Å²) in [5.74, 6) is -0.416. The van der Waals surface area contributed by atoms with E-state index in [0.29, 0.717) is 11.5 Å². The molecule has 1 saturated carbocycles. The van der Waals surface area contributed by atoms with E-state index in [4.69, 9.17) is 0 Å². The van der Waals surface area contributed by atoms with Crippen LogP contribution in [0, 0.1) is 11.6 Å². The summed E-state index contributed by atoms with van der Waals surface area (Å²) in [6.07, 6.45) is 2.37. The predicted molar refractivity (Wildman–Crippen MR) is 63.8 cm³/mol. The molecule has 2 heteroatoms. The molecule has 0 aliphatic heterocycles. The Kier molecular flexibility index (Phi) is 2.43. The molecule has 0 amide bonds. The molecule has 0 bridgehead atoms. The number of hydrogen-bond acceptors (Lipinski definition) is 0. The standard InChI is InChI=1S/C15H12F2/c16-13-5-2-6-14(17)15(13)12-4-1-3-11(9-12)10-7-8-10/h1-6,9-10H,7-8H2. The van der Waals surface area contributed by atoms with Gasteiger partial charge in [0.15, 0.2) is 0 Å². The Morgan fingerprint density at radius 1 is 0.882 bits per heavy atom. The molecule has 0 nitrogen and oxygen atoms in total. The van der Waals surface area contributed by atoms with Crippen LogP contribution in [0.2, 0.25) is 0 Å². The van der Waals surface area contributed by atoms with Gasteiger partial charge in [-0.05, 0) is 42.0 Å². The number of rotatable bonds is 2. The lowest BCUT2D eigenvalue weighted by Gasteiger charge is -2.07. The minimum absolute atomic E-state index is 0.0787. The molecule has 0 atom stereocenters. The fraction of sp³-hybridized carbons (Fsp3) is 0.200. The zero-order valence-electron chi connectivity index (χ0n) is 9.29. The van der Waals surface area contributed by atoms with Crippen molar-refractivity contribution in [1.29, 1.82) is 0 Å². The molecular formula is C15H12F2. The molecule has 0 radical (unpaired) electrons. The van der Waals surface area contributed by atoms with Crippen LogP contribution in [0.4, 0.5) is 8.78 Å². The minimum atomic E-state index is -0.502. The SMILES string of the molecule is Fc1cccc(F)c1-c1cccc(C2CC2)c1. The van der Waals surface area contributed by atoms with Crippen LogP contribution in [-0.2, 0) is 0 Å². The van der Waals surface area contributed by atoms with E-state index >= 15 is 0 Å². The van der Waals surface area contributed by atoms with Crippen molar-refractivity contribution in [2.24, 2.45) is 0 Å². The molecular weight excluding hydrogens is 218 g/mol. The van der Waals surface area contributed by atoms with Gasteiger partial charge < -0.3 is 0 Å². The second kappa shape index (κ2) is 3.95. The molecule has 1 aliphatic carbocycles. The zero-order valence-corrected chi connectivity index (χ0v) is 9.29. The maximum absolute atomic E-state index is 13.6. The molecule has 0 heterocycles. The summed E-state index contributed by atoms with van der Waals surface area (Å²) in [6, 6.07) is 11.5. The summed E-state index contributed by atoms with van der Waals surface area (Å²) in [5.41, 5.74) is 1.89. The van der Waals surface area contributed by atoms with Crippen molar-refractivity contribution in [3.8, 4) is 11.1 Å². The molecule has 86 valence electrons. The van der Waals surface area contributed by atoms with Crippen LogP contribution in [0.5, 0.6) is 0 Å². The average Bonchev–Trinajstić information content (AvgIpc) is 3.13. The normalized spacial score (nSPS) is 14.9. The summed E-state index contributed by atoms with van der Waals surface area (Å²) in [5, 5.41) is 0. The van der Waals surface area contributed by atoms with Crippen molar-refractivity contribution in [3.63, 3.8) is 0 Å². The largest absolute Gasteiger partial charge is 0.206 e. The first kappa shape index (κ1) is 10.5. The smallest absolute Gasteiger partial charge is 0.133 e. The fourth-order valence-electron chi connectivity index (χ4n) is 2.14. The van der Waals surface area contributed by atoms with Gasteiger partial charge in [-0.1, -0.05) is 30.3 Å². The molecule has 0 spiro atoms. The third-order valence-electron chi connectivity index (χ3n) is 3.19. The lowest BCUT2D eigenvalue weighted by molar-refractivity contribution is 0.589. The molecule has 1 fully saturated rings. The highest BCUT2D eigenvalue weighted by atomic mass is 19.1. The summed E-state index contributed by atoms with van der Waals surface area (Å²) < 4.78 is 27.3. The number of benzene rings is 2. The van der Waals surface area contributed by atoms with E-state index in [1.54, 1.807) is 6.07 Å². The van der Waals surface area contributed by atoms with Crippen molar-refractivity contribution < 1.29 is 8.78 Å². The Labute approximate surface area is 98.9 Å². The average molecular weight is 230 g/mol. The molecule has 1 aliphatic rings.